The number of benzene rings is 3. The van der Waals surface area contributed by atoms with Crippen LogP contribution in [0.1, 0.15) is 5.56 Å². The van der Waals surface area contributed by atoms with E-state index in [4.69, 9.17) is 9.97 Å². The fraction of sp³-hybridized carbons (Fsp3) is 0. The molecule has 6 nitrogen and oxygen atoms in total. The lowest BCUT2D eigenvalue weighted by Crippen LogP contribution is -2.00. The van der Waals surface area contributed by atoms with Gasteiger partial charge in [0, 0.05) is 18.0 Å². The molecule has 0 saturated carbocycles. The summed E-state index contributed by atoms with van der Waals surface area (Å²) >= 11 is 0. The molecule has 0 aliphatic heterocycles. The number of hydrogen-bond donors (Lipinski definition) is 1. The van der Waals surface area contributed by atoms with E-state index in [1.54, 1.807) is 18.6 Å². The number of hydrogen-bond acceptors (Lipinski definition) is 6. The third-order valence-electron chi connectivity index (χ3n) is 4.50. The second-order valence-corrected chi connectivity index (χ2v) is 6.45. The maximum atomic E-state index is 4.79. The average Bonchev–Trinajstić information content (AvgIpc) is 2.79. The fourth-order valence-electron chi connectivity index (χ4n) is 3.10. The zero-order chi connectivity index (χ0) is 19.5. The summed E-state index contributed by atoms with van der Waals surface area (Å²) in [6, 6.07) is 23.6. The van der Waals surface area contributed by atoms with Crippen LogP contribution in [0.2, 0.25) is 0 Å². The van der Waals surface area contributed by atoms with Crippen LogP contribution in [0.15, 0.2) is 90.3 Å². The number of rotatable bonds is 4. The SMILES string of the molecule is C(=N/Nc1nc2ccccc2nc1-c1ccccc1)/c1ccc2nccnc2c1. The normalized spacial score (nSPS) is 11.3. The summed E-state index contributed by atoms with van der Waals surface area (Å²) in [6.45, 7) is 0. The van der Waals surface area contributed by atoms with Gasteiger partial charge in [-0.2, -0.15) is 5.10 Å². The molecular formula is C23H16N6. The predicted octanol–water partition coefficient (Wildman–Crippen LogP) is 4.69. The number of hydrazone groups is 1. The van der Waals surface area contributed by atoms with Crippen LogP contribution in [0.5, 0.6) is 0 Å². The molecule has 1 N–H and O–H groups in total. The van der Waals surface area contributed by atoms with Gasteiger partial charge < -0.3 is 0 Å². The van der Waals surface area contributed by atoms with Gasteiger partial charge in [-0.05, 0) is 29.8 Å². The second kappa shape index (κ2) is 7.44. The average molecular weight is 376 g/mol. The Morgan fingerprint density at radius 3 is 2.24 bits per heavy atom. The van der Waals surface area contributed by atoms with Crippen molar-refractivity contribution in [3.63, 3.8) is 0 Å². The number of anilines is 1. The van der Waals surface area contributed by atoms with Crippen LogP contribution in [0.3, 0.4) is 0 Å². The highest BCUT2D eigenvalue weighted by Gasteiger charge is 2.10. The van der Waals surface area contributed by atoms with Crippen molar-refractivity contribution >= 4 is 34.1 Å². The molecule has 0 atom stereocenters. The van der Waals surface area contributed by atoms with Crippen LogP contribution < -0.4 is 5.43 Å². The molecule has 29 heavy (non-hydrogen) atoms. The van der Waals surface area contributed by atoms with Crippen molar-refractivity contribution < 1.29 is 0 Å². The Balaban J connectivity index is 1.50. The molecule has 0 fully saturated rings. The third-order valence-corrected chi connectivity index (χ3v) is 4.50. The Bertz CT molecular complexity index is 1330. The van der Waals surface area contributed by atoms with Gasteiger partial charge in [0.1, 0.15) is 5.69 Å². The molecule has 5 rings (SSSR count). The van der Waals surface area contributed by atoms with Crippen LogP contribution in [-0.4, -0.2) is 26.2 Å². The van der Waals surface area contributed by atoms with E-state index in [9.17, 15) is 0 Å². The van der Waals surface area contributed by atoms with Crippen LogP contribution >= 0.6 is 0 Å². The van der Waals surface area contributed by atoms with Gasteiger partial charge >= 0.3 is 0 Å². The van der Waals surface area contributed by atoms with E-state index in [1.807, 2.05) is 72.8 Å². The van der Waals surface area contributed by atoms with E-state index >= 15 is 0 Å². The van der Waals surface area contributed by atoms with E-state index in [1.165, 1.54) is 0 Å². The summed E-state index contributed by atoms with van der Waals surface area (Å²) in [4.78, 5) is 18.1. The Kier molecular flexibility index (Phi) is 4.35. The van der Waals surface area contributed by atoms with Gasteiger partial charge in [-0.1, -0.05) is 48.5 Å². The van der Waals surface area contributed by atoms with Crippen LogP contribution in [0.4, 0.5) is 5.82 Å². The monoisotopic (exact) mass is 376 g/mol. The Morgan fingerprint density at radius 1 is 0.690 bits per heavy atom. The maximum absolute atomic E-state index is 4.79. The van der Waals surface area contributed by atoms with Crippen molar-refractivity contribution in [2.24, 2.45) is 5.10 Å². The van der Waals surface area contributed by atoms with Crippen molar-refractivity contribution in [2.75, 3.05) is 5.43 Å². The minimum atomic E-state index is 0.603. The Morgan fingerprint density at radius 2 is 1.41 bits per heavy atom. The van der Waals surface area contributed by atoms with Crippen LogP contribution in [0, 0.1) is 0 Å². The lowest BCUT2D eigenvalue weighted by molar-refractivity contribution is 1.22. The molecule has 0 aliphatic rings. The first-order valence-electron chi connectivity index (χ1n) is 9.19. The zero-order valence-electron chi connectivity index (χ0n) is 15.4. The summed E-state index contributed by atoms with van der Waals surface area (Å²) in [5.74, 6) is 0.603. The van der Waals surface area contributed by atoms with Crippen molar-refractivity contribution in [1.29, 1.82) is 0 Å². The summed E-state index contributed by atoms with van der Waals surface area (Å²) < 4.78 is 0. The number of para-hydroxylation sites is 2. The van der Waals surface area contributed by atoms with Crippen molar-refractivity contribution in [3.8, 4) is 11.3 Å². The van der Waals surface area contributed by atoms with Crippen molar-refractivity contribution in [2.45, 2.75) is 0 Å². The molecule has 0 bridgehead atoms. The van der Waals surface area contributed by atoms with Gasteiger partial charge in [0.05, 0.1) is 28.3 Å². The Labute approximate surface area is 167 Å². The van der Waals surface area contributed by atoms with Gasteiger partial charge in [0.2, 0.25) is 0 Å². The van der Waals surface area contributed by atoms with Crippen LogP contribution in [-0.2, 0) is 0 Å². The standard InChI is InChI=1S/C23H16N6/c1-2-6-17(7-3-1)22-23(28-20-9-5-4-8-19(20)27-22)29-26-15-16-10-11-18-21(14-16)25-13-12-24-18/h1-15H,(H,28,29)/b26-15-. The first kappa shape index (κ1) is 16.9. The third kappa shape index (κ3) is 3.51. The second-order valence-electron chi connectivity index (χ2n) is 6.45. The van der Waals surface area contributed by atoms with E-state index in [0.717, 1.165) is 38.9 Å². The number of nitrogens with zero attached hydrogens (tertiary/aromatic N) is 5. The van der Waals surface area contributed by atoms with Gasteiger partial charge in [-0.15, -0.1) is 0 Å². The summed E-state index contributed by atoms with van der Waals surface area (Å²) in [5, 5.41) is 4.39. The predicted molar refractivity (Wildman–Crippen MR) is 116 cm³/mol. The van der Waals surface area contributed by atoms with Crippen molar-refractivity contribution in [3.05, 3.63) is 90.8 Å². The van der Waals surface area contributed by atoms with Gasteiger partial charge in [-0.3, -0.25) is 15.4 Å². The number of nitrogens with one attached hydrogen (secondary N) is 1. The summed E-state index contributed by atoms with van der Waals surface area (Å²) in [7, 11) is 0. The first-order chi connectivity index (χ1) is 14.4. The Hall–Kier alpha value is -4.19. The lowest BCUT2D eigenvalue weighted by atomic mass is 10.1. The molecule has 3 aromatic carbocycles. The minimum Gasteiger partial charge on any atom is -0.260 e. The van der Waals surface area contributed by atoms with Gasteiger partial charge in [-0.25, -0.2) is 9.97 Å². The number of fused-ring (bicyclic) bond motifs is 2. The summed E-state index contributed by atoms with van der Waals surface area (Å²) in [6.07, 6.45) is 5.10. The molecule has 6 heteroatoms. The highest BCUT2D eigenvalue weighted by Crippen LogP contribution is 2.26. The lowest BCUT2D eigenvalue weighted by Gasteiger charge is -2.09. The first-order valence-corrected chi connectivity index (χ1v) is 9.19. The zero-order valence-corrected chi connectivity index (χ0v) is 15.4. The molecule has 0 unspecified atom stereocenters. The topological polar surface area (TPSA) is 76.0 Å². The molecule has 0 amide bonds. The molecule has 2 heterocycles. The highest BCUT2D eigenvalue weighted by molar-refractivity contribution is 5.88. The molecule has 0 aliphatic carbocycles. The van der Waals surface area contributed by atoms with E-state index in [2.05, 4.69) is 20.5 Å². The summed E-state index contributed by atoms with van der Waals surface area (Å²) in [5.41, 5.74) is 9.04. The van der Waals surface area contributed by atoms with Gasteiger partial charge in [0.15, 0.2) is 5.82 Å². The molecule has 0 spiro atoms. The number of aromatic nitrogens is 4. The molecule has 0 radical (unpaired) electrons. The van der Waals surface area contributed by atoms with Crippen molar-refractivity contribution in [1.82, 2.24) is 19.9 Å². The quantitative estimate of drug-likeness (QED) is 0.364. The highest BCUT2D eigenvalue weighted by atomic mass is 15.3. The fourth-order valence-corrected chi connectivity index (χ4v) is 3.10. The molecule has 2 aromatic heterocycles. The largest absolute Gasteiger partial charge is 0.260 e. The van der Waals surface area contributed by atoms with E-state index in [0.29, 0.717) is 5.82 Å². The molecule has 5 aromatic rings. The maximum Gasteiger partial charge on any atom is 0.173 e. The van der Waals surface area contributed by atoms with Gasteiger partial charge in [0.25, 0.3) is 0 Å². The molecule has 0 saturated heterocycles. The minimum absolute atomic E-state index is 0.603. The smallest absolute Gasteiger partial charge is 0.173 e. The van der Waals surface area contributed by atoms with E-state index < -0.39 is 0 Å². The van der Waals surface area contributed by atoms with Crippen LogP contribution in [0.25, 0.3) is 33.3 Å². The van der Waals surface area contributed by atoms with E-state index in [-0.39, 0.29) is 0 Å². The molecule has 138 valence electrons. The molecular weight excluding hydrogens is 360 g/mol.